The molecule has 0 bridgehead atoms. The quantitative estimate of drug-likeness (QED) is 0.433. The van der Waals surface area contributed by atoms with E-state index in [-0.39, 0.29) is 17.7 Å². The minimum absolute atomic E-state index is 0.238. The molecule has 31 heavy (non-hydrogen) atoms. The van der Waals surface area contributed by atoms with Gasteiger partial charge in [0.05, 0.1) is 24.8 Å². The first-order chi connectivity index (χ1) is 14.7. The van der Waals surface area contributed by atoms with Crippen LogP contribution in [-0.4, -0.2) is 44.0 Å². The summed E-state index contributed by atoms with van der Waals surface area (Å²) in [6.45, 7) is 4.77. The lowest BCUT2D eigenvalue weighted by Crippen LogP contribution is -2.19. The van der Waals surface area contributed by atoms with E-state index >= 15 is 0 Å². The Kier molecular flexibility index (Phi) is 6.72. The molecule has 9 heteroatoms. The van der Waals surface area contributed by atoms with Crippen LogP contribution in [0.25, 0.3) is 0 Å². The number of aryl methyl sites for hydroxylation is 1. The Morgan fingerprint density at radius 3 is 2.68 bits per heavy atom. The van der Waals surface area contributed by atoms with Gasteiger partial charge in [-0.05, 0) is 37.6 Å². The summed E-state index contributed by atoms with van der Waals surface area (Å²) in [7, 11) is 3.47. The molecular formula is C22H24F3N3O3. The number of hydrogen-bond donors (Lipinski definition) is 0. The lowest BCUT2D eigenvalue weighted by Gasteiger charge is -2.16. The van der Waals surface area contributed by atoms with Crippen molar-refractivity contribution < 1.29 is 27.5 Å². The third kappa shape index (κ3) is 5.48. The minimum Gasteiger partial charge on any atom is -0.496 e. The van der Waals surface area contributed by atoms with E-state index in [0.29, 0.717) is 11.5 Å². The Labute approximate surface area is 178 Å². The number of para-hydroxylation sites is 1. The molecular weight excluding hydrogens is 411 g/mol. The van der Waals surface area contributed by atoms with Gasteiger partial charge in [-0.25, -0.2) is 4.99 Å². The van der Waals surface area contributed by atoms with Crippen LogP contribution in [0.4, 0.5) is 18.9 Å². The molecule has 0 saturated carbocycles. The molecule has 0 radical (unpaired) electrons. The second kappa shape index (κ2) is 9.28. The molecule has 2 aromatic carbocycles. The molecule has 1 atom stereocenters. The fourth-order valence-electron chi connectivity index (χ4n) is 3.13. The molecule has 3 rings (SSSR count). The maximum Gasteiger partial charge on any atom is 0.573 e. The van der Waals surface area contributed by atoms with Crippen LogP contribution in [0.15, 0.2) is 46.5 Å². The topological polar surface area (TPSA) is 55.7 Å². The maximum absolute atomic E-state index is 12.7. The highest BCUT2D eigenvalue weighted by atomic mass is 19.4. The lowest BCUT2D eigenvalue weighted by atomic mass is 9.97. The van der Waals surface area contributed by atoms with Crippen LogP contribution in [0.5, 0.6) is 11.5 Å². The van der Waals surface area contributed by atoms with E-state index in [1.165, 1.54) is 18.2 Å². The highest BCUT2D eigenvalue weighted by Crippen LogP contribution is 2.40. The van der Waals surface area contributed by atoms with Crippen LogP contribution >= 0.6 is 0 Å². The number of nitrogens with zero attached hydrogens (tertiary/aromatic N) is 3. The van der Waals surface area contributed by atoms with E-state index in [1.807, 2.05) is 37.9 Å². The molecule has 1 heterocycles. The molecule has 1 aliphatic heterocycles. The summed E-state index contributed by atoms with van der Waals surface area (Å²) in [6, 6.07) is 9.59. The first-order valence-corrected chi connectivity index (χ1v) is 9.72. The fraction of sp³-hybridized carbons (Fsp3) is 0.364. The van der Waals surface area contributed by atoms with Crippen molar-refractivity contribution in [1.29, 1.82) is 0 Å². The average molecular weight is 435 g/mol. The predicted molar refractivity (Wildman–Crippen MR) is 112 cm³/mol. The standard InChI is InChI=1S/C22H24F3N3O3/c1-5-28(3)13-26-17-11-20(29-4)16(10-14(17)2)21-12-18(27-31-21)15-8-6-7-9-19(15)30-22(23,24)25/h6-11,13,21H,5,12H2,1-4H3. The van der Waals surface area contributed by atoms with E-state index < -0.39 is 12.5 Å². The summed E-state index contributed by atoms with van der Waals surface area (Å²) in [6.07, 6.45) is -3.28. The van der Waals surface area contributed by atoms with Crippen molar-refractivity contribution in [2.24, 2.45) is 10.1 Å². The van der Waals surface area contributed by atoms with Crippen molar-refractivity contribution in [3.63, 3.8) is 0 Å². The summed E-state index contributed by atoms with van der Waals surface area (Å²) in [5, 5.41) is 4.03. The van der Waals surface area contributed by atoms with Crippen LogP contribution in [0.1, 0.15) is 36.1 Å². The molecule has 0 aromatic heterocycles. The van der Waals surface area contributed by atoms with E-state index in [4.69, 9.17) is 9.57 Å². The molecule has 0 aliphatic carbocycles. The molecule has 166 valence electrons. The molecule has 6 nitrogen and oxygen atoms in total. The van der Waals surface area contributed by atoms with Gasteiger partial charge in [-0.1, -0.05) is 17.3 Å². The molecule has 1 aliphatic rings. The maximum atomic E-state index is 12.7. The highest BCUT2D eigenvalue weighted by Gasteiger charge is 2.34. The summed E-state index contributed by atoms with van der Waals surface area (Å²) in [4.78, 5) is 12.0. The monoisotopic (exact) mass is 435 g/mol. The van der Waals surface area contributed by atoms with Crippen molar-refractivity contribution >= 4 is 17.7 Å². The van der Waals surface area contributed by atoms with Gasteiger partial charge in [-0.3, -0.25) is 0 Å². The number of alkyl halides is 3. The van der Waals surface area contributed by atoms with Gasteiger partial charge < -0.3 is 19.2 Å². The van der Waals surface area contributed by atoms with Crippen LogP contribution < -0.4 is 9.47 Å². The molecule has 0 N–H and O–H groups in total. The van der Waals surface area contributed by atoms with Crippen LogP contribution in [0.2, 0.25) is 0 Å². The van der Waals surface area contributed by atoms with E-state index in [2.05, 4.69) is 14.9 Å². The second-order valence-electron chi connectivity index (χ2n) is 7.08. The normalized spacial score (nSPS) is 16.2. The molecule has 0 amide bonds. The number of oxime groups is 1. The number of hydrogen-bond acceptors (Lipinski definition) is 5. The van der Waals surface area contributed by atoms with E-state index in [0.717, 1.165) is 23.4 Å². The van der Waals surface area contributed by atoms with Gasteiger partial charge in [0.2, 0.25) is 0 Å². The van der Waals surface area contributed by atoms with Gasteiger partial charge in [0, 0.05) is 37.2 Å². The van der Waals surface area contributed by atoms with Crippen molar-refractivity contribution in [1.82, 2.24) is 4.90 Å². The molecule has 0 saturated heterocycles. The van der Waals surface area contributed by atoms with Crippen molar-refractivity contribution in [2.75, 3.05) is 20.7 Å². The van der Waals surface area contributed by atoms with Gasteiger partial charge in [-0.15, -0.1) is 13.2 Å². The van der Waals surface area contributed by atoms with Crippen molar-refractivity contribution in [2.45, 2.75) is 32.7 Å². The zero-order chi connectivity index (χ0) is 22.6. The largest absolute Gasteiger partial charge is 0.573 e. The predicted octanol–water partition coefficient (Wildman–Crippen LogP) is 5.38. The first kappa shape index (κ1) is 22.5. The van der Waals surface area contributed by atoms with Crippen molar-refractivity contribution in [3.8, 4) is 11.5 Å². The summed E-state index contributed by atoms with van der Waals surface area (Å²) >= 11 is 0. The van der Waals surface area contributed by atoms with Gasteiger partial charge in [0.25, 0.3) is 0 Å². The molecule has 2 aromatic rings. The number of methoxy groups -OCH3 is 1. The molecule has 0 fully saturated rings. The molecule has 1 unspecified atom stereocenters. The average Bonchev–Trinajstić information content (AvgIpc) is 3.21. The van der Waals surface area contributed by atoms with Crippen molar-refractivity contribution in [3.05, 3.63) is 53.1 Å². The highest BCUT2D eigenvalue weighted by molar-refractivity contribution is 6.03. The Hall–Kier alpha value is -3.23. The molecule has 0 spiro atoms. The van der Waals surface area contributed by atoms with Gasteiger partial charge in [-0.2, -0.15) is 0 Å². The van der Waals surface area contributed by atoms with Crippen LogP contribution in [0, 0.1) is 6.92 Å². The third-order valence-corrected chi connectivity index (χ3v) is 4.88. The number of benzene rings is 2. The Bertz CT molecular complexity index is 990. The van der Waals surface area contributed by atoms with Gasteiger partial charge >= 0.3 is 6.36 Å². The van der Waals surface area contributed by atoms with Gasteiger partial charge in [0.15, 0.2) is 6.10 Å². The van der Waals surface area contributed by atoms with Gasteiger partial charge in [0.1, 0.15) is 11.5 Å². The fourth-order valence-corrected chi connectivity index (χ4v) is 3.13. The number of aliphatic imine (C=N–C) groups is 1. The van der Waals surface area contributed by atoms with E-state index in [1.54, 1.807) is 19.5 Å². The third-order valence-electron chi connectivity index (χ3n) is 4.88. The summed E-state index contributed by atoms with van der Waals surface area (Å²) in [5.74, 6) is 0.254. The lowest BCUT2D eigenvalue weighted by molar-refractivity contribution is -0.274. The Morgan fingerprint density at radius 1 is 1.26 bits per heavy atom. The number of rotatable bonds is 7. The second-order valence-corrected chi connectivity index (χ2v) is 7.08. The summed E-state index contributed by atoms with van der Waals surface area (Å²) in [5.41, 5.74) is 3.02. The smallest absolute Gasteiger partial charge is 0.496 e. The SMILES string of the molecule is CCN(C)C=Nc1cc(OC)c(C2CC(c3ccccc3OC(F)(F)F)=NO2)cc1C. The minimum atomic E-state index is -4.79. The number of ether oxygens (including phenoxy) is 2. The Morgan fingerprint density at radius 2 is 2.00 bits per heavy atom. The Balaban J connectivity index is 1.84. The first-order valence-electron chi connectivity index (χ1n) is 9.72. The zero-order valence-electron chi connectivity index (χ0n) is 17.7. The number of halogens is 3. The van der Waals surface area contributed by atoms with Crippen LogP contribution in [-0.2, 0) is 4.84 Å². The zero-order valence-corrected chi connectivity index (χ0v) is 17.7. The summed E-state index contributed by atoms with van der Waals surface area (Å²) < 4.78 is 47.9. The van der Waals surface area contributed by atoms with E-state index in [9.17, 15) is 13.2 Å². The van der Waals surface area contributed by atoms with Crippen LogP contribution in [0.3, 0.4) is 0 Å².